The average molecular weight is 237 g/mol. The lowest BCUT2D eigenvalue weighted by Gasteiger charge is -2.16. The summed E-state index contributed by atoms with van der Waals surface area (Å²) in [4.78, 5) is 0. The minimum absolute atomic E-state index is 0.103. The van der Waals surface area contributed by atoms with Crippen LogP contribution in [0.4, 0.5) is 0 Å². The van der Waals surface area contributed by atoms with Crippen molar-refractivity contribution in [3.8, 4) is 5.75 Å². The maximum absolute atomic E-state index is 5.73. The van der Waals surface area contributed by atoms with E-state index in [0.29, 0.717) is 19.8 Å². The summed E-state index contributed by atoms with van der Waals surface area (Å²) < 4.78 is 11.2. The van der Waals surface area contributed by atoms with Gasteiger partial charge in [0.05, 0.1) is 12.7 Å². The number of aryl methyl sites for hydroxylation is 2. The molecule has 17 heavy (non-hydrogen) atoms. The van der Waals surface area contributed by atoms with Crippen LogP contribution in [0.2, 0.25) is 0 Å². The van der Waals surface area contributed by atoms with Gasteiger partial charge in [-0.1, -0.05) is 17.7 Å². The Kier molecular flexibility index (Phi) is 6.01. The van der Waals surface area contributed by atoms with Crippen LogP contribution in [-0.2, 0) is 4.74 Å². The third kappa shape index (κ3) is 4.75. The molecular weight excluding hydrogens is 214 g/mol. The smallest absolute Gasteiger partial charge is 0.122 e. The van der Waals surface area contributed by atoms with Gasteiger partial charge in [0.25, 0.3) is 0 Å². The maximum Gasteiger partial charge on any atom is 0.122 e. The topological polar surface area (TPSA) is 44.5 Å². The molecule has 1 atom stereocenters. The van der Waals surface area contributed by atoms with E-state index in [1.165, 1.54) is 11.1 Å². The lowest BCUT2D eigenvalue weighted by molar-refractivity contribution is 0.0526. The van der Waals surface area contributed by atoms with E-state index >= 15 is 0 Å². The molecule has 1 aromatic rings. The second-order valence-electron chi connectivity index (χ2n) is 4.22. The zero-order valence-corrected chi connectivity index (χ0v) is 11.0. The molecule has 3 heteroatoms. The molecule has 1 unspecified atom stereocenters. The van der Waals surface area contributed by atoms with Gasteiger partial charge < -0.3 is 15.2 Å². The van der Waals surface area contributed by atoms with Gasteiger partial charge in [0.15, 0.2) is 0 Å². The third-order valence-corrected chi connectivity index (χ3v) is 2.69. The number of hydrogen-bond acceptors (Lipinski definition) is 3. The first-order valence-corrected chi connectivity index (χ1v) is 6.19. The molecule has 0 spiro atoms. The zero-order valence-electron chi connectivity index (χ0n) is 11.0. The number of benzene rings is 1. The molecule has 0 aliphatic heterocycles. The van der Waals surface area contributed by atoms with E-state index in [1.54, 1.807) is 0 Å². The van der Waals surface area contributed by atoms with Crippen molar-refractivity contribution in [2.75, 3.05) is 19.8 Å². The molecule has 0 bridgehead atoms. The minimum Gasteiger partial charge on any atom is -0.493 e. The Morgan fingerprint density at radius 3 is 2.65 bits per heavy atom. The van der Waals surface area contributed by atoms with Crippen LogP contribution in [0.25, 0.3) is 0 Å². The van der Waals surface area contributed by atoms with Gasteiger partial charge in [0.2, 0.25) is 0 Å². The van der Waals surface area contributed by atoms with Gasteiger partial charge in [-0.25, -0.2) is 0 Å². The van der Waals surface area contributed by atoms with Crippen LogP contribution in [0, 0.1) is 13.8 Å². The second-order valence-corrected chi connectivity index (χ2v) is 4.22. The first kappa shape index (κ1) is 14.0. The van der Waals surface area contributed by atoms with Crippen molar-refractivity contribution in [1.82, 2.24) is 0 Å². The second kappa shape index (κ2) is 7.30. The van der Waals surface area contributed by atoms with Gasteiger partial charge in [-0.3, -0.25) is 0 Å². The summed E-state index contributed by atoms with van der Waals surface area (Å²) in [5.74, 6) is 0.947. The van der Waals surface area contributed by atoms with E-state index in [4.69, 9.17) is 15.2 Å². The summed E-state index contributed by atoms with van der Waals surface area (Å²) in [5, 5.41) is 0. The Hall–Kier alpha value is -1.06. The molecule has 2 N–H and O–H groups in total. The monoisotopic (exact) mass is 237 g/mol. The molecule has 0 aromatic heterocycles. The van der Waals surface area contributed by atoms with E-state index in [0.717, 1.165) is 12.2 Å². The third-order valence-electron chi connectivity index (χ3n) is 2.69. The Balaban J connectivity index is 2.39. The van der Waals surface area contributed by atoms with E-state index in [9.17, 15) is 0 Å². The van der Waals surface area contributed by atoms with Crippen molar-refractivity contribution in [2.24, 2.45) is 5.73 Å². The van der Waals surface area contributed by atoms with Gasteiger partial charge in [-0.2, -0.15) is 0 Å². The molecule has 0 amide bonds. The molecule has 0 saturated carbocycles. The summed E-state index contributed by atoms with van der Waals surface area (Å²) >= 11 is 0. The molecule has 0 aliphatic carbocycles. The summed E-state index contributed by atoms with van der Waals surface area (Å²) in [6.07, 6.45) is 0.934. The van der Waals surface area contributed by atoms with Crippen molar-refractivity contribution in [2.45, 2.75) is 33.3 Å². The lowest BCUT2D eigenvalue weighted by Crippen LogP contribution is -2.25. The van der Waals surface area contributed by atoms with Crippen LogP contribution in [0.1, 0.15) is 24.5 Å². The van der Waals surface area contributed by atoms with Crippen LogP contribution in [0.5, 0.6) is 5.75 Å². The number of nitrogens with two attached hydrogens (primary N) is 1. The maximum atomic E-state index is 5.73. The van der Waals surface area contributed by atoms with Crippen LogP contribution in [-0.4, -0.2) is 25.9 Å². The van der Waals surface area contributed by atoms with Gasteiger partial charge in [0, 0.05) is 19.6 Å². The molecule has 1 rings (SSSR count). The largest absolute Gasteiger partial charge is 0.493 e. The Labute approximate surface area is 104 Å². The van der Waals surface area contributed by atoms with Crippen LogP contribution < -0.4 is 10.5 Å². The van der Waals surface area contributed by atoms with Crippen molar-refractivity contribution in [3.05, 3.63) is 29.3 Å². The molecule has 96 valence electrons. The Bertz CT molecular complexity index is 339. The SMILES string of the molecule is CCOC(CN)CCOc1ccc(C)cc1C. The van der Waals surface area contributed by atoms with Crippen molar-refractivity contribution >= 4 is 0 Å². The Morgan fingerprint density at radius 1 is 1.29 bits per heavy atom. The first-order valence-electron chi connectivity index (χ1n) is 6.19. The standard InChI is InChI=1S/C14H23NO2/c1-4-16-13(10-15)7-8-17-14-6-5-11(2)9-12(14)3/h5-6,9,13H,4,7-8,10,15H2,1-3H3. The van der Waals surface area contributed by atoms with Gasteiger partial charge in [-0.05, 0) is 32.4 Å². The van der Waals surface area contributed by atoms with Gasteiger partial charge in [-0.15, -0.1) is 0 Å². The fourth-order valence-electron chi connectivity index (χ4n) is 1.77. The average Bonchev–Trinajstić information content (AvgIpc) is 2.30. The fraction of sp³-hybridized carbons (Fsp3) is 0.571. The van der Waals surface area contributed by atoms with E-state index in [1.807, 2.05) is 13.0 Å². The predicted octanol–water partition coefficient (Wildman–Crippen LogP) is 2.44. The highest BCUT2D eigenvalue weighted by molar-refractivity contribution is 5.35. The first-order chi connectivity index (χ1) is 8.17. The molecule has 0 aliphatic rings. The van der Waals surface area contributed by atoms with E-state index in [2.05, 4.69) is 26.0 Å². The van der Waals surface area contributed by atoms with Crippen LogP contribution >= 0.6 is 0 Å². The molecule has 0 saturated heterocycles. The van der Waals surface area contributed by atoms with Gasteiger partial charge in [0.1, 0.15) is 5.75 Å². The summed E-state index contributed by atoms with van der Waals surface area (Å²) in [6, 6.07) is 6.20. The molecule has 1 aromatic carbocycles. The highest BCUT2D eigenvalue weighted by atomic mass is 16.5. The highest BCUT2D eigenvalue weighted by Gasteiger charge is 2.06. The van der Waals surface area contributed by atoms with Crippen LogP contribution in [0.15, 0.2) is 18.2 Å². The normalized spacial score (nSPS) is 12.5. The number of hydrogen-bond donors (Lipinski definition) is 1. The van der Waals surface area contributed by atoms with E-state index < -0.39 is 0 Å². The highest BCUT2D eigenvalue weighted by Crippen LogP contribution is 2.19. The molecule has 0 fully saturated rings. The number of ether oxygens (including phenoxy) is 2. The zero-order chi connectivity index (χ0) is 12.7. The van der Waals surface area contributed by atoms with Gasteiger partial charge >= 0.3 is 0 Å². The lowest BCUT2D eigenvalue weighted by atomic mass is 10.1. The quantitative estimate of drug-likeness (QED) is 0.792. The molecule has 0 radical (unpaired) electrons. The summed E-state index contributed by atoms with van der Waals surface area (Å²) in [6.45, 7) is 8.01. The van der Waals surface area contributed by atoms with E-state index in [-0.39, 0.29) is 6.10 Å². The summed E-state index contributed by atoms with van der Waals surface area (Å²) in [7, 11) is 0. The molecule has 0 heterocycles. The number of rotatable bonds is 7. The molecular formula is C14H23NO2. The Morgan fingerprint density at radius 2 is 2.06 bits per heavy atom. The minimum atomic E-state index is 0.103. The molecule has 3 nitrogen and oxygen atoms in total. The predicted molar refractivity (Wildman–Crippen MR) is 70.5 cm³/mol. The summed E-state index contributed by atoms with van der Waals surface area (Å²) in [5.41, 5.74) is 8.03. The van der Waals surface area contributed by atoms with Crippen LogP contribution in [0.3, 0.4) is 0 Å². The van der Waals surface area contributed by atoms with Crippen molar-refractivity contribution in [3.63, 3.8) is 0 Å². The van der Waals surface area contributed by atoms with Crippen molar-refractivity contribution < 1.29 is 9.47 Å². The fourth-order valence-corrected chi connectivity index (χ4v) is 1.77. The van der Waals surface area contributed by atoms with Crippen molar-refractivity contribution in [1.29, 1.82) is 0 Å².